The van der Waals surface area contributed by atoms with E-state index in [4.69, 9.17) is 10.00 Å². The first-order valence-electron chi connectivity index (χ1n) is 14.2. The number of fused-ring (bicyclic) bond motifs is 1. The Kier molecular flexibility index (Phi) is 9.94. The number of hydrogen-bond donors (Lipinski definition) is 3. The number of nitriles is 1. The highest BCUT2D eigenvalue weighted by atomic mass is 16.5. The van der Waals surface area contributed by atoms with Crippen LogP contribution >= 0.6 is 0 Å². The monoisotopic (exact) mass is 567 g/mol. The van der Waals surface area contributed by atoms with Gasteiger partial charge in [0.1, 0.15) is 23.7 Å². The average molecular weight is 568 g/mol. The molecule has 0 aliphatic carbocycles. The zero-order valence-electron chi connectivity index (χ0n) is 24.5. The molecule has 0 aliphatic heterocycles. The van der Waals surface area contributed by atoms with Gasteiger partial charge in [-0.15, -0.1) is 0 Å². The Morgan fingerprint density at radius 3 is 2.38 bits per heavy atom. The topological polar surface area (TPSA) is 129 Å². The summed E-state index contributed by atoms with van der Waals surface area (Å²) < 4.78 is 7.15. The minimum Gasteiger partial charge on any atom is -0.491 e. The minimum absolute atomic E-state index is 0.0948. The molecule has 2 heterocycles. The van der Waals surface area contributed by atoms with Gasteiger partial charge in [-0.2, -0.15) is 5.26 Å². The van der Waals surface area contributed by atoms with Gasteiger partial charge < -0.3 is 20.5 Å². The molecule has 9 heteroatoms. The second-order valence-electron chi connectivity index (χ2n) is 10.6. The molecule has 0 fully saturated rings. The van der Waals surface area contributed by atoms with Crippen molar-refractivity contribution in [2.75, 3.05) is 23.8 Å². The van der Waals surface area contributed by atoms with Gasteiger partial charge in [0.2, 0.25) is 0 Å². The number of rotatable bonds is 11. The molecule has 3 N–H and O–H groups in total. The van der Waals surface area contributed by atoms with E-state index in [1.165, 1.54) is 4.57 Å². The molecule has 0 saturated carbocycles. The number of urea groups is 1. The summed E-state index contributed by atoms with van der Waals surface area (Å²) in [6.07, 6.45) is 2.35. The lowest BCUT2D eigenvalue weighted by molar-refractivity contribution is 0.201. The summed E-state index contributed by atoms with van der Waals surface area (Å²) in [7, 11) is 0. The summed E-state index contributed by atoms with van der Waals surface area (Å²) >= 11 is 0. The van der Waals surface area contributed by atoms with E-state index in [1.807, 2.05) is 30.3 Å². The molecule has 218 valence electrons. The Bertz CT molecular complexity index is 1640. The van der Waals surface area contributed by atoms with Crippen molar-refractivity contribution in [3.8, 4) is 22.9 Å². The van der Waals surface area contributed by atoms with Crippen LogP contribution in [0.2, 0.25) is 0 Å². The lowest BCUT2D eigenvalue weighted by atomic mass is 9.93. The maximum Gasteiger partial charge on any atom is 0.323 e. The number of nitrogens with one attached hydrogen (secondary N) is 2. The van der Waals surface area contributed by atoms with Gasteiger partial charge >= 0.3 is 6.03 Å². The molecule has 0 atom stereocenters. The standard InChI is InChI=1S/C33H37N5O4/c1-21(2)25-12-8-13-26(22(3)4)29(25)36-33(41)37-30-28(23-10-7-11-24(20-23)42-19-18-39)27-14-9-16-35-31(27)38(32(30)40)17-6-5-15-34/h7-14,16,20-22,39H,5-6,17-19H2,1-4H3,(H2,36,37,41). The predicted octanol–water partition coefficient (Wildman–Crippen LogP) is 6.63. The van der Waals surface area contributed by atoms with Gasteiger partial charge in [0.25, 0.3) is 5.56 Å². The Hall–Kier alpha value is -4.68. The maximum absolute atomic E-state index is 14.1. The highest BCUT2D eigenvalue weighted by molar-refractivity contribution is 6.07. The number of aliphatic hydroxyl groups excluding tert-OH is 1. The average Bonchev–Trinajstić information content (AvgIpc) is 2.98. The number of nitrogens with zero attached hydrogens (tertiary/aromatic N) is 3. The summed E-state index contributed by atoms with van der Waals surface area (Å²) in [5.74, 6) is 0.847. The summed E-state index contributed by atoms with van der Waals surface area (Å²) in [6, 6.07) is 18.4. The van der Waals surface area contributed by atoms with E-state index < -0.39 is 11.6 Å². The van der Waals surface area contributed by atoms with Crippen LogP contribution < -0.4 is 20.9 Å². The normalized spacial score (nSPS) is 11.1. The molecule has 0 saturated heterocycles. The number of para-hydroxylation sites is 1. The first-order valence-corrected chi connectivity index (χ1v) is 14.2. The molecule has 0 aliphatic rings. The number of carbonyl (C=O) groups is 1. The van der Waals surface area contributed by atoms with Crippen molar-refractivity contribution in [1.82, 2.24) is 9.55 Å². The van der Waals surface area contributed by atoms with Crippen molar-refractivity contribution < 1.29 is 14.6 Å². The van der Waals surface area contributed by atoms with Crippen molar-refractivity contribution in [1.29, 1.82) is 5.26 Å². The molecular formula is C33H37N5O4. The van der Waals surface area contributed by atoms with Crippen LogP contribution in [-0.4, -0.2) is 33.9 Å². The summed E-state index contributed by atoms with van der Waals surface area (Å²) in [4.78, 5) is 32.3. The zero-order chi connectivity index (χ0) is 30.2. The first kappa shape index (κ1) is 30.3. The summed E-state index contributed by atoms with van der Waals surface area (Å²) in [5, 5.41) is 24.9. The highest BCUT2D eigenvalue weighted by Crippen LogP contribution is 2.36. The Morgan fingerprint density at radius 1 is 1.02 bits per heavy atom. The number of aliphatic hydroxyl groups is 1. The molecule has 2 aromatic heterocycles. The Morgan fingerprint density at radius 2 is 1.71 bits per heavy atom. The van der Waals surface area contributed by atoms with Crippen molar-refractivity contribution in [2.45, 2.75) is 58.9 Å². The fourth-order valence-electron chi connectivity index (χ4n) is 5.08. The largest absolute Gasteiger partial charge is 0.491 e. The van der Waals surface area contributed by atoms with E-state index >= 15 is 0 Å². The molecule has 9 nitrogen and oxygen atoms in total. The summed E-state index contributed by atoms with van der Waals surface area (Å²) in [5.41, 5.74) is 4.01. The maximum atomic E-state index is 14.1. The molecule has 0 unspecified atom stereocenters. The second kappa shape index (κ2) is 13.8. The van der Waals surface area contributed by atoms with E-state index in [0.717, 1.165) is 16.8 Å². The number of ether oxygens (including phenoxy) is 1. The van der Waals surface area contributed by atoms with Crippen LogP contribution in [0.4, 0.5) is 16.2 Å². The quantitative estimate of drug-likeness (QED) is 0.175. The predicted molar refractivity (Wildman–Crippen MR) is 166 cm³/mol. The number of aryl methyl sites for hydroxylation is 1. The summed E-state index contributed by atoms with van der Waals surface area (Å²) in [6.45, 7) is 8.53. The number of hydrogen-bond acceptors (Lipinski definition) is 6. The van der Waals surface area contributed by atoms with Crippen LogP contribution in [-0.2, 0) is 6.54 Å². The minimum atomic E-state index is -0.539. The number of carbonyl (C=O) groups excluding carboxylic acids is 1. The van der Waals surface area contributed by atoms with E-state index in [2.05, 4.69) is 49.4 Å². The number of unbranched alkanes of at least 4 members (excludes halogenated alkanes) is 1. The van der Waals surface area contributed by atoms with Gasteiger partial charge in [0.05, 0.1) is 12.7 Å². The molecule has 4 aromatic rings. The van der Waals surface area contributed by atoms with E-state index in [0.29, 0.717) is 34.3 Å². The van der Waals surface area contributed by atoms with Gasteiger partial charge in [0, 0.05) is 35.8 Å². The number of amides is 2. The molecule has 0 radical (unpaired) electrons. The molecule has 2 aromatic carbocycles. The third kappa shape index (κ3) is 6.61. The second-order valence-corrected chi connectivity index (χ2v) is 10.6. The van der Waals surface area contributed by atoms with Gasteiger partial charge in [-0.1, -0.05) is 58.0 Å². The van der Waals surface area contributed by atoms with Gasteiger partial charge in [0.15, 0.2) is 0 Å². The van der Waals surface area contributed by atoms with Crippen molar-refractivity contribution in [3.05, 3.63) is 82.3 Å². The SMILES string of the molecule is CC(C)c1cccc(C(C)C)c1NC(=O)Nc1c(-c2cccc(OCCO)c2)c2cccnc2n(CCCC#N)c1=O. The molecule has 42 heavy (non-hydrogen) atoms. The molecule has 4 rings (SSSR count). The Balaban J connectivity index is 1.89. The Labute approximate surface area is 245 Å². The molecular weight excluding hydrogens is 530 g/mol. The van der Waals surface area contributed by atoms with Crippen molar-refractivity contribution in [2.24, 2.45) is 0 Å². The molecule has 0 spiro atoms. The third-order valence-electron chi connectivity index (χ3n) is 7.02. The molecule has 0 bridgehead atoms. The number of pyridine rings is 2. The van der Waals surface area contributed by atoms with Crippen LogP contribution in [0.5, 0.6) is 5.75 Å². The highest BCUT2D eigenvalue weighted by Gasteiger charge is 2.23. The smallest absolute Gasteiger partial charge is 0.323 e. The number of aromatic nitrogens is 2. The lowest BCUT2D eigenvalue weighted by Crippen LogP contribution is -2.30. The number of anilines is 2. The fraction of sp³-hybridized carbons (Fsp3) is 0.333. The fourth-order valence-corrected chi connectivity index (χ4v) is 5.08. The van der Waals surface area contributed by atoms with Gasteiger partial charge in [-0.05, 0) is 59.2 Å². The van der Waals surface area contributed by atoms with Crippen molar-refractivity contribution in [3.63, 3.8) is 0 Å². The van der Waals surface area contributed by atoms with Gasteiger partial charge in [-0.25, -0.2) is 9.78 Å². The van der Waals surface area contributed by atoms with Crippen LogP contribution in [0.15, 0.2) is 65.6 Å². The van der Waals surface area contributed by atoms with Crippen LogP contribution in [0.1, 0.15) is 63.5 Å². The van der Waals surface area contributed by atoms with E-state index in [1.54, 1.807) is 30.5 Å². The number of benzene rings is 2. The van der Waals surface area contributed by atoms with E-state index in [9.17, 15) is 14.7 Å². The molecule has 2 amide bonds. The lowest BCUT2D eigenvalue weighted by Gasteiger charge is -2.22. The zero-order valence-corrected chi connectivity index (χ0v) is 24.5. The van der Waals surface area contributed by atoms with Crippen molar-refractivity contribution >= 4 is 28.4 Å². The van der Waals surface area contributed by atoms with Crippen LogP contribution in [0.3, 0.4) is 0 Å². The van der Waals surface area contributed by atoms with Crippen LogP contribution in [0, 0.1) is 11.3 Å². The van der Waals surface area contributed by atoms with Crippen LogP contribution in [0.25, 0.3) is 22.2 Å². The van der Waals surface area contributed by atoms with Gasteiger partial charge in [-0.3, -0.25) is 9.36 Å². The van der Waals surface area contributed by atoms with E-state index in [-0.39, 0.29) is 43.7 Å². The third-order valence-corrected chi connectivity index (χ3v) is 7.02. The first-order chi connectivity index (χ1) is 20.3.